The standard InChI is InChI=1S/C29H23Cl2NO4S/c1-16(2)28-21(27(32-36-28)26-23(30)5-4-6-24(26)31)14-35-19-10-7-17(8-11-19)18-9-12-20-22(29(33)34-3)15-37-25(20)13-18/h4-13,15-16H,14H2,1-3H3. The number of aromatic nitrogens is 1. The van der Waals surface area contributed by atoms with E-state index in [0.717, 1.165) is 32.5 Å². The first-order valence-electron chi connectivity index (χ1n) is 11.6. The van der Waals surface area contributed by atoms with Gasteiger partial charge in [0.1, 0.15) is 23.8 Å². The van der Waals surface area contributed by atoms with Crippen molar-refractivity contribution in [3.8, 4) is 28.1 Å². The summed E-state index contributed by atoms with van der Waals surface area (Å²) < 4.78 is 17.7. The summed E-state index contributed by atoms with van der Waals surface area (Å²) in [5.41, 5.74) is 4.72. The molecule has 0 aliphatic heterocycles. The molecule has 2 heterocycles. The number of ether oxygens (including phenoxy) is 2. The summed E-state index contributed by atoms with van der Waals surface area (Å²) >= 11 is 14.4. The molecule has 3 aromatic carbocycles. The number of carbonyl (C=O) groups excluding carboxylic acids is 1. The van der Waals surface area contributed by atoms with Gasteiger partial charge >= 0.3 is 5.97 Å². The van der Waals surface area contributed by atoms with Crippen LogP contribution in [0.1, 0.15) is 41.4 Å². The minimum atomic E-state index is -0.325. The van der Waals surface area contributed by atoms with E-state index in [2.05, 4.69) is 11.2 Å². The fourth-order valence-electron chi connectivity index (χ4n) is 4.21. The summed E-state index contributed by atoms with van der Waals surface area (Å²) in [6.07, 6.45) is 0. The zero-order valence-corrected chi connectivity index (χ0v) is 22.7. The van der Waals surface area contributed by atoms with Crippen LogP contribution in [-0.2, 0) is 11.3 Å². The molecule has 0 unspecified atom stereocenters. The molecule has 0 amide bonds. The Morgan fingerprint density at radius 3 is 2.41 bits per heavy atom. The highest BCUT2D eigenvalue weighted by Crippen LogP contribution is 2.39. The molecule has 0 aliphatic carbocycles. The molecular formula is C29H23Cl2NO4S. The molecule has 0 N–H and O–H groups in total. The van der Waals surface area contributed by atoms with Gasteiger partial charge in [-0.15, -0.1) is 11.3 Å². The smallest absolute Gasteiger partial charge is 0.339 e. The van der Waals surface area contributed by atoms with Crippen LogP contribution in [0.5, 0.6) is 5.75 Å². The Labute approximate surface area is 228 Å². The largest absolute Gasteiger partial charge is 0.489 e. The number of thiophene rings is 1. The summed E-state index contributed by atoms with van der Waals surface area (Å²) in [5, 5.41) is 8.02. The Kier molecular flexibility index (Phi) is 7.24. The number of fused-ring (bicyclic) bond motifs is 1. The summed E-state index contributed by atoms with van der Waals surface area (Å²) in [4.78, 5) is 12.0. The Hall–Kier alpha value is -3.32. The van der Waals surface area contributed by atoms with Crippen molar-refractivity contribution in [3.05, 3.63) is 93.0 Å². The van der Waals surface area contributed by atoms with E-state index in [4.69, 9.17) is 37.2 Å². The fraction of sp³-hybridized carbons (Fsp3) is 0.172. The monoisotopic (exact) mass is 551 g/mol. The van der Waals surface area contributed by atoms with E-state index in [1.807, 2.05) is 55.6 Å². The maximum absolute atomic E-state index is 12.0. The van der Waals surface area contributed by atoms with Crippen LogP contribution in [0.4, 0.5) is 0 Å². The highest BCUT2D eigenvalue weighted by atomic mass is 35.5. The lowest BCUT2D eigenvalue weighted by molar-refractivity contribution is 0.0603. The van der Waals surface area contributed by atoms with Crippen LogP contribution < -0.4 is 4.74 Å². The van der Waals surface area contributed by atoms with Crippen molar-refractivity contribution < 1.29 is 18.8 Å². The number of nitrogens with zero attached hydrogens (tertiary/aromatic N) is 1. The molecule has 0 spiro atoms. The molecule has 5 nitrogen and oxygen atoms in total. The maximum Gasteiger partial charge on any atom is 0.339 e. The van der Waals surface area contributed by atoms with Gasteiger partial charge in [0, 0.05) is 26.9 Å². The Balaban J connectivity index is 1.38. The molecule has 8 heteroatoms. The zero-order chi connectivity index (χ0) is 26.1. The highest BCUT2D eigenvalue weighted by molar-refractivity contribution is 7.17. The molecule has 0 aliphatic rings. The van der Waals surface area contributed by atoms with Crippen LogP contribution in [0, 0.1) is 0 Å². The lowest BCUT2D eigenvalue weighted by Gasteiger charge is -2.11. The molecule has 188 valence electrons. The molecule has 0 radical (unpaired) electrons. The van der Waals surface area contributed by atoms with E-state index in [0.29, 0.717) is 32.6 Å². The second-order valence-corrected chi connectivity index (χ2v) is 10.5. The molecule has 0 atom stereocenters. The minimum absolute atomic E-state index is 0.107. The number of methoxy groups -OCH3 is 1. The van der Waals surface area contributed by atoms with Crippen molar-refractivity contribution in [1.82, 2.24) is 5.16 Å². The Bertz CT molecular complexity index is 1570. The maximum atomic E-state index is 12.0. The van der Waals surface area contributed by atoms with Gasteiger partial charge in [0.05, 0.1) is 28.3 Å². The van der Waals surface area contributed by atoms with Crippen LogP contribution in [0.15, 0.2) is 70.6 Å². The van der Waals surface area contributed by atoms with E-state index in [1.54, 1.807) is 18.2 Å². The van der Waals surface area contributed by atoms with E-state index in [-0.39, 0.29) is 18.5 Å². The van der Waals surface area contributed by atoms with Crippen LogP contribution in [0.25, 0.3) is 32.5 Å². The fourth-order valence-corrected chi connectivity index (χ4v) is 5.76. The molecule has 2 aromatic heterocycles. The first-order valence-corrected chi connectivity index (χ1v) is 13.3. The molecule has 37 heavy (non-hydrogen) atoms. The second-order valence-electron chi connectivity index (χ2n) is 8.79. The van der Waals surface area contributed by atoms with E-state index in [9.17, 15) is 4.79 Å². The molecule has 0 fully saturated rings. The number of carbonyl (C=O) groups is 1. The number of rotatable bonds is 7. The van der Waals surface area contributed by atoms with Crippen LogP contribution in [-0.4, -0.2) is 18.2 Å². The molecule has 0 saturated carbocycles. The molecule has 5 rings (SSSR count). The Morgan fingerprint density at radius 1 is 1.03 bits per heavy atom. The van der Waals surface area contributed by atoms with Crippen molar-refractivity contribution >= 4 is 50.6 Å². The van der Waals surface area contributed by atoms with E-state index < -0.39 is 0 Å². The molecular weight excluding hydrogens is 529 g/mol. The molecule has 0 saturated heterocycles. The molecule has 5 aromatic rings. The SMILES string of the molecule is COC(=O)c1csc2cc(-c3ccc(OCc4c(-c5c(Cl)cccc5Cl)noc4C(C)C)cc3)ccc12. The molecule has 0 bridgehead atoms. The van der Waals surface area contributed by atoms with Gasteiger partial charge in [-0.1, -0.05) is 72.5 Å². The lowest BCUT2D eigenvalue weighted by atomic mass is 10.0. The van der Waals surface area contributed by atoms with Crippen molar-refractivity contribution in [2.45, 2.75) is 26.4 Å². The topological polar surface area (TPSA) is 61.6 Å². The number of hydrogen-bond donors (Lipinski definition) is 0. The van der Waals surface area contributed by atoms with E-state index in [1.165, 1.54) is 18.4 Å². The average Bonchev–Trinajstić information content (AvgIpc) is 3.51. The van der Waals surface area contributed by atoms with Gasteiger partial charge in [-0.3, -0.25) is 0 Å². The van der Waals surface area contributed by atoms with Gasteiger partial charge in [-0.25, -0.2) is 4.79 Å². The summed E-state index contributed by atoms with van der Waals surface area (Å²) in [6, 6.07) is 19.3. The van der Waals surface area contributed by atoms with Crippen molar-refractivity contribution in [2.24, 2.45) is 0 Å². The number of esters is 1. The van der Waals surface area contributed by atoms with Crippen molar-refractivity contribution in [1.29, 1.82) is 0 Å². The normalized spacial score (nSPS) is 11.3. The third-order valence-electron chi connectivity index (χ3n) is 6.09. The van der Waals surface area contributed by atoms with Crippen molar-refractivity contribution in [2.75, 3.05) is 7.11 Å². The first-order chi connectivity index (χ1) is 17.9. The van der Waals surface area contributed by atoms with E-state index >= 15 is 0 Å². The number of halogens is 2. The predicted octanol–water partition coefficient (Wildman–Crippen LogP) is 9.02. The zero-order valence-electron chi connectivity index (χ0n) is 20.4. The van der Waals surface area contributed by atoms with Crippen LogP contribution in [0.3, 0.4) is 0 Å². The third kappa shape index (κ3) is 4.97. The van der Waals surface area contributed by atoms with Crippen molar-refractivity contribution in [3.63, 3.8) is 0 Å². The van der Waals surface area contributed by atoms with Gasteiger partial charge < -0.3 is 14.0 Å². The van der Waals surface area contributed by atoms with Gasteiger partial charge in [-0.05, 0) is 41.5 Å². The highest BCUT2D eigenvalue weighted by Gasteiger charge is 2.24. The van der Waals surface area contributed by atoms with Gasteiger partial charge in [-0.2, -0.15) is 0 Å². The quantitative estimate of drug-likeness (QED) is 0.189. The number of hydrogen-bond acceptors (Lipinski definition) is 6. The third-order valence-corrected chi connectivity index (χ3v) is 7.67. The average molecular weight is 552 g/mol. The van der Waals surface area contributed by atoms with Gasteiger partial charge in [0.25, 0.3) is 0 Å². The minimum Gasteiger partial charge on any atom is -0.489 e. The summed E-state index contributed by atoms with van der Waals surface area (Å²) in [7, 11) is 1.39. The summed E-state index contributed by atoms with van der Waals surface area (Å²) in [5.74, 6) is 1.23. The van der Waals surface area contributed by atoms with Crippen LogP contribution >= 0.6 is 34.5 Å². The Morgan fingerprint density at radius 2 is 1.73 bits per heavy atom. The lowest BCUT2D eigenvalue weighted by Crippen LogP contribution is -2.01. The summed E-state index contributed by atoms with van der Waals surface area (Å²) in [6.45, 7) is 4.33. The second kappa shape index (κ2) is 10.6. The first kappa shape index (κ1) is 25.3. The predicted molar refractivity (Wildman–Crippen MR) is 149 cm³/mol. The van der Waals surface area contributed by atoms with Gasteiger partial charge in [0.2, 0.25) is 0 Å². The van der Waals surface area contributed by atoms with Crippen LogP contribution in [0.2, 0.25) is 10.0 Å². The van der Waals surface area contributed by atoms with Gasteiger partial charge in [0.15, 0.2) is 0 Å². The number of benzene rings is 3.